The van der Waals surface area contributed by atoms with Gasteiger partial charge in [0.2, 0.25) is 0 Å². The molecule has 0 atom stereocenters. The lowest BCUT2D eigenvalue weighted by molar-refractivity contribution is 0.610. The molecule has 0 aromatic heterocycles. The minimum atomic E-state index is 0. The van der Waals surface area contributed by atoms with Gasteiger partial charge in [0.05, 0.1) is 0 Å². The molecule has 0 amide bonds. The van der Waals surface area contributed by atoms with Crippen molar-refractivity contribution in [2.75, 3.05) is 13.1 Å². The van der Waals surface area contributed by atoms with Crippen LogP contribution in [0.5, 0.6) is 0 Å². The molecule has 1 N–H and O–H groups in total. The molecule has 1 aliphatic heterocycles. The average molecular weight is 203 g/mol. The highest BCUT2D eigenvalue weighted by atomic mass is 35.5. The smallest absolute Gasteiger partial charge is 0.106 e. The van der Waals surface area contributed by atoms with E-state index in [1.54, 1.807) is 0 Å². The Bertz CT molecular complexity index is 121. The van der Waals surface area contributed by atoms with Gasteiger partial charge in [-0.3, -0.25) is 0 Å². The van der Waals surface area contributed by atoms with Crippen molar-refractivity contribution >= 4 is 35.6 Å². The Morgan fingerprint density at radius 3 is 2.00 bits per heavy atom. The summed E-state index contributed by atoms with van der Waals surface area (Å²) in [6.45, 7) is 2.02. The summed E-state index contributed by atoms with van der Waals surface area (Å²) in [5.74, 6) is 0. The van der Waals surface area contributed by atoms with E-state index in [-0.39, 0.29) is 12.4 Å². The lowest BCUT2D eigenvalue weighted by Gasteiger charge is -2.14. The van der Waals surface area contributed by atoms with Crippen LogP contribution in [-0.4, -0.2) is 13.1 Å². The van der Waals surface area contributed by atoms with E-state index in [1.165, 1.54) is 5.57 Å². The van der Waals surface area contributed by atoms with E-state index < -0.39 is 0 Å². The van der Waals surface area contributed by atoms with Crippen LogP contribution >= 0.6 is 35.6 Å². The first kappa shape index (κ1) is 10.6. The largest absolute Gasteiger partial charge is 0.316 e. The minimum Gasteiger partial charge on any atom is -0.316 e. The van der Waals surface area contributed by atoms with Crippen molar-refractivity contribution in [3.63, 3.8) is 0 Å². The van der Waals surface area contributed by atoms with Crippen molar-refractivity contribution in [3.05, 3.63) is 10.1 Å². The van der Waals surface area contributed by atoms with Gasteiger partial charge in [-0.2, -0.15) is 0 Å². The van der Waals surface area contributed by atoms with Crippen LogP contribution in [0.25, 0.3) is 0 Å². The van der Waals surface area contributed by atoms with Gasteiger partial charge < -0.3 is 5.32 Å². The van der Waals surface area contributed by atoms with Crippen molar-refractivity contribution in [2.45, 2.75) is 12.8 Å². The minimum absolute atomic E-state index is 0. The molecule has 10 heavy (non-hydrogen) atoms. The molecular weight excluding hydrogens is 192 g/mol. The van der Waals surface area contributed by atoms with Gasteiger partial charge >= 0.3 is 0 Å². The van der Waals surface area contributed by atoms with Crippen molar-refractivity contribution in [3.8, 4) is 0 Å². The molecule has 0 radical (unpaired) electrons. The van der Waals surface area contributed by atoms with Crippen molar-refractivity contribution in [1.82, 2.24) is 5.32 Å². The Balaban J connectivity index is 0.000000810. The molecule has 1 fully saturated rings. The molecule has 1 aliphatic rings. The zero-order valence-electron chi connectivity index (χ0n) is 5.49. The van der Waals surface area contributed by atoms with Crippen LogP contribution in [0.3, 0.4) is 0 Å². The molecule has 0 spiro atoms. The Morgan fingerprint density at radius 1 is 1.20 bits per heavy atom. The second-order valence-electron chi connectivity index (χ2n) is 2.11. The standard InChI is InChI=1S/C6H9Cl2N.ClH/c7-6(8)5-1-3-9-4-2-5;/h9H,1-4H2;1H. The first-order valence-electron chi connectivity index (χ1n) is 3.04. The van der Waals surface area contributed by atoms with Crippen LogP contribution in [0.2, 0.25) is 0 Å². The van der Waals surface area contributed by atoms with Crippen LogP contribution in [0.4, 0.5) is 0 Å². The maximum absolute atomic E-state index is 5.57. The topological polar surface area (TPSA) is 12.0 Å². The molecule has 0 saturated carbocycles. The first-order valence-corrected chi connectivity index (χ1v) is 3.80. The monoisotopic (exact) mass is 201 g/mol. The first-order chi connectivity index (χ1) is 4.30. The molecule has 0 aromatic carbocycles. The highest BCUT2D eigenvalue weighted by Gasteiger charge is 2.06. The zero-order chi connectivity index (χ0) is 6.69. The van der Waals surface area contributed by atoms with Crippen LogP contribution in [0.15, 0.2) is 10.1 Å². The maximum Gasteiger partial charge on any atom is 0.106 e. The van der Waals surface area contributed by atoms with E-state index in [0.29, 0.717) is 4.49 Å². The molecular formula is C6H10Cl3N. The van der Waals surface area contributed by atoms with Gasteiger partial charge in [0.15, 0.2) is 0 Å². The van der Waals surface area contributed by atoms with Crippen LogP contribution in [0.1, 0.15) is 12.8 Å². The zero-order valence-corrected chi connectivity index (χ0v) is 7.82. The normalized spacial score (nSPS) is 18.0. The Hall–Kier alpha value is 0.570. The molecule has 0 aromatic rings. The fourth-order valence-corrected chi connectivity index (χ4v) is 1.30. The predicted molar refractivity (Wildman–Crippen MR) is 48.1 cm³/mol. The molecule has 0 aliphatic carbocycles. The summed E-state index contributed by atoms with van der Waals surface area (Å²) >= 11 is 11.1. The molecule has 1 rings (SSSR count). The van der Waals surface area contributed by atoms with Gasteiger partial charge in [0.25, 0.3) is 0 Å². The van der Waals surface area contributed by atoms with E-state index in [2.05, 4.69) is 5.32 Å². The number of piperidine rings is 1. The van der Waals surface area contributed by atoms with Crippen LogP contribution < -0.4 is 5.32 Å². The van der Waals surface area contributed by atoms with Gasteiger partial charge in [0.1, 0.15) is 4.49 Å². The van der Waals surface area contributed by atoms with Gasteiger partial charge in [-0.05, 0) is 31.5 Å². The highest BCUT2D eigenvalue weighted by molar-refractivity contribution is 6.56. The van der Waals surface area contributed by atoms with Crippen LogP contribution in [-0.2, 0) is 0 Å². The second kappa shape index (κ2) is 5.25. The van der Waals surface area contributed by atoms with E-state index in [4.69, 9.17) is 23.2 Å². The SMILES string of the molecule is Cl.ClC(Cl)=C1CCNCC1. The van der Waals surface area contributed by atoms with Gasteiger partial charge in [-0.1, -0.05) is 23.2 Å². The Morgan fingerprint density at radius 2 is 1.70 bits per heavy atom. The van der Waals surface area contributed by atoms with E-state index in [0.717, 1.165) is 25.9 Å². The summed E-state index contributed by atoms with van der Waals surface area (Å²) < 4.78 is 0.469. The second-order valence-corrected chi connectivity index (χ2v) is 3.06. The summed E-state index contributed by atoms with van der Waals surface area (Å²) in [7, 11) is 0. The third-order valence-electron chi connectivity index (χ3n) is 1.47. The molecule has 0 bridgehead atoms. The van der Waals surface area contributed by atoms with Gasteiger partial charge in [-0.25, -0.2) is 0 Å². The van der Waals surface area contributed by atoms with E-state index in [1.807, 2.05) is 0 Å². The number of hydrogen-bond donors (Lipinski definition) is 1. The molecule has 1 nitrogen and oxygen atoms in total. The van der Waals surface area contributed by atoms with Gasteiger partial charge in [0, 0.05) is 0 Å². The Labute approximate surface area is 77.2 Å². The van der Waals surface area contributed by atoms with Crippen molar-refractivity contribution in [2.24, 2.45) is 0 Å². The van der Waals surface area contributed by atoms with E-state index >= 15 is 0 Å². The van der Waals surface area contributed by atoms with Crippen molar-refractivity contribution in [1.29, 1.82) is 0 Å². The molecule has 1 heterocycles. The third kappa shape index (κ3) is 3.11. The van der Waals surface area contributed by atoms with Crippen molar-refractivity contribution < 1.29 is 0 Å². The lowest BCUT2D eigenvalue weighted by atomic mass is 10.1. The summed E-state index contributed by atoms with van der Waals surface area (Å²) in [4.78, 5) is 0. The predicted octanol–water partition coefficient (Wildman–Crippen LogP) is 2.48. The fraction of sp³-hybridized carbons (Fsp3) is 0.667. The average Bonchev–Trinajstić information content (AvgIpc) is 1.90. The summed E-state index contributed by atoms with van der Waals surface area (Å²) in [6.07, 6.45) is 2.00. The quantitative estimate of drug-likeness (QED) is 0.636. The molecule has 60 valence electrons. The number of hydrogen-bond acceptors (Lipinski definition) is 1. The molecule has 0 unspecified atom stereocenters. The number of rotatable bonds is 0. The highest BCUT2D eigenvalue weighted by Crippen LogP contribution is 2.21. The molecule has 4 heteroatoms. The summed E-state index contributed by atoms with van der Waals surface area (Å²) in [6, 6.07) is 0. The third-order valence-corrected chi connectivity index (χ3v) is 2.01. The van der Waals surface area contributed by atoms with E-state index in [9.17, 15) is 0 Å². The summed E-state index contributed by atoms with van der Waals surface area (Å²) in [5, 5.41) is 3.22. The fourth-order valence-electron chi connectivity index (χ4n) is 0.918. The van der Waals surface area contributed by atoms with Crippen LogP contribution in [0, 0.1) is 0 Å². The van der Waals surface area contributed by atoms with Gasteiger partial charge in [-0.15, -0.1) is 12.4 Å². The lowest BCUT2D eigenvalue weighted by Crippen LogP contribution is -2.23. The summed E-state index contributed by atoms with van der Waals surface area (Å²) in [5.41, 5.74) is 1.19. The number of nitrogens with one attached hydrogen (secondary N) is 1. The maximum atomic E-state index is 5.57. The number of halogens is 3. The molecule has 1 saturated heterocycles. The Kier molecular flexibility index (Phi) is 5.55.